The third-order valence-corrected chi connectivity index (χ3v) is 6.41. The normalized spacial score (nSPS) is 11.0. The molecule has 0 fully saturated rings. The molecule has 162 valence electrons. The van der Waals surface area contributed by atoms with Gasteiger partial charge in [-0.25, -0.2) is 0 Å². The van der Waals surface area contributed by atoms with Crippen LogP contribution in [-0.2, 0) is 6.54 Å². The van der Waals surface area contributed by atoms with Crippen LogP contribution in [0.2, 0.25) is 0 Å². The Morgan fingerprint density at radius 3 is 2.38 bits per heavy atom. The van der Waals surface area contributed by atoms with E-state index in [1.165, 1.54) is 16.9 Å². The van der Waals surface area contributed by atoms with Crippen LogP contribution in [0.3, 0.4) is 0 Å². The first-order chi connectivity index (χ1) is 15.4. The van der Waals surface area contributed by atoms with Crippen molar-refractivity contribution in [3.63, 3.8) is 0 Å². The number of azo groups is 1. The Hall–Kier alpha value is -3.48. The Labute approximate surface area is 194 Å². The number of anilines is 1. The summed E-state index contributed by atoms with van der Waals surface area (Å²) in [5.74, 6) is 0.629. The van der Waals surface area contributed by atoms with Crippen molar-refractivity contribution in [2.45, 2.75) is 40.7 Å². The number of benzene rings is 2. The van der Waals surface area contributed by atoms with Gasteiger partial charge in [0.05, 0.1) is 11.3 Å². The second-order valence-electron chi connectivity index (χ2n) is 8.22. The van der Waals surface area contributed by atoms with Crippen LogP contribution in [0.4, 0.5) is 16.4 Å². The predicted molar refractivity (Wildman–Crippen MR) is 131 cm³/mol. The fourth-order valence-electron chi connectivity index (χ4n) is 3.37. The molecule has 1 aromatic heterocycles. The molecule has 3 rings (SSSR count). The van der Waals surface area contributed by atoms with Crippen LogP contribution >= 0.6 is 11.3 Å². The Morgan fingerprint density at radius 2 is 1.75 bits per heavy atom. The van der Waals surface area contributed by atoms with Crippen molar-refractivity contribution in [3.8, 4) is 12.1 Å². The Bertz CT molecular complexity index is 1180. The zero-order valence-electron chi connectivity index (χ0n) is 19.0. The van der Waals surface area contributed by atoms with Crippen molar-refractivity contribution >= 4 is 27.7 Å². The molecule has 0 saturated carbocycles. The topological polar surface area (TPSA) is 75.5 Å². The molecular weight excluding hydrogens is 414 g/mol. The van der Waals surface area contributed by atoms with E-state index in [0.717, 1.165) is 36.4 Å². The van der Waals surface area contributed by atoms with Crippen LogP contribution in [0, 0.1) is 42.4 Å². The predicted octanol–water partition coefficient (Wildman–Crippen LogP) is 7.58. The highest BCUT2D eigenvalue weighted by atomic mass is 32.1. The second-order valence-corrected chi connectivity index (χ2v) is 9.22. The number of thiophene rings is 1. The average molecular weight is 442 g/mol. The lowest BCUT2D eigenvalue weighted by atomic mass is 10.1. The lowest BCUT2D eigenvalue weighted by Crippen LogP contribution is -2.25. The van der Waals surface area contributed by atoms with Crippen LogP contribution in [-0.4, -0.2) is 6.54 Å². The minimum atomic E-state index is 0.423. The lowest BCUT2D eigenvalue weighted by molar-refractivity contribution is 0.571. The van der Waals surface area contributed by atoms with E-state index < -0.39 is 0 Å². The van der Waals surface area contributed by atoms with E-state index in [-0.39, 0.29) is 0 Å². The van der Waals surface area contributed by atoms with Gasteiger partial charge in [0, 0.05) is 18.8 Å². The standard InChI is InChI=1S/C26H27N5S/c1-18(2)12-13-31(17-21-8-6-5-7-9-21)22-10-11-24(19(3)14-22)29-30-26-23(15-27)20(4)25(16-28)32-26/h5-11,14,18H,12-13,17H2,1-4H3. The van der Waals surface area contributed by atoms with E-state index >= 15 is 0 Å². The van der Waals surface area contributed by atoms with Crippen molar-refractivity contribution < 1.29 is 0 Å². The van der Waals surface area contributed by atoms with Gasteiger partial charge in [0.2, 0.25) is 0 Å². The molecule has 32 heavy (non-hydrogen) atoms. The smallest absolute Gasteiger partial charge is 0.158 e. The lowest BCUT2D eigenvalue weighted by Gasteiger charge is -2.26. The maximum atomic E-state index is 9.41. The summed E-state index contributed by atoms with van der Waals surface area (Å²) in [6.45, 7) is 10.1. The number of aryl methyl sites for hydroxylation is 1. The quantitative estimate of drug-likeness (QED) is 0.338. The van der Waals surface area contributed by atoms with Gasteiger partial charge in [0.1, 0.15) is 17.0 Å². The summed E-state index contributed by atoms with van der Waals surface area (Å²) in [6.07, 6.45) is 1.11. The van der Waals surface area contributed by atoms with Crippen molar-refractivity contribution in [3.05, 3.63) is 75.7 Å². The molecule has 5 nitrogen and oxygen atoms in total. The van der Waals surface area contributed by atoms with Crippen molar-refractivity contribution in [2.24, 2.45) is 16.1 Å². The van der Waals surface area contributed by atoms with Gasteiger partial charge in [-0.2, -0.15) is 10.5 Å². The summed E-state index contributed by atoms with van der Waals surface area (Å²) >= 11 is 1.20. The van der Waals surface area contributed by atoms with Crippen LogP contribution < -0.4 is 4.90 Å². The van der Waals surface area contributed by atoms with Crippen molar-refractivity contribution in [1.29, 1.82) is 10.5 Å². The van der Waals surface area contributed by atoms with Gasteiger partial charge < -0.3 is 4.90 Å². The van der Waals surface area contributed by atoms with Crippen LogP contribution in [0.15, 0.2) is 58.8 Å². The summed E-state index contributed by atoms with van der Waals surface area (Å²) in [6, 6.07) is 21.0. The molecule has 0 N–H and O–H groups in total. The third kappa shape index (κ3) is 5.60. The van der Waals surface area contributed by atoms with Gasteiger partial charge in [0.15, 0.2) is 5.00 Å². The maximum Gasteiger partial charge on any atom is 0.158 e. The molecule has 0 atom stereocenters. The first-order valence-electron chi connectivity index (χ1n) is 10.7. The zero-order valence-corrected chi connectivity index (χ0v) is 19.8. The van der Waals surface area contributed by atoms with Crippen molar-refractivity contribution in [1.82, 2.24) is 0 Å². The molecule has 0 bridgehead atoms. The first kappa shape index (κ1) is 23.2. The van der Waals surface area contributed by atoms with Crippen LogP contribution in [0.5, 0.6) is 0 Å². The number of nitriles is 2. The van der Waals surface area contributed by atoms with E-state index in [0.29, 0.717) is 26.9 Å². The van der Waals surface area contributed by atoms with E-state index in [9.17, 15) is 10.5 Å². The summed E-state index contributed by atoms with van der Waals surface area (Å²) in [4.78, 5) is 2.91. The number of rotatable bonds is 8. The molecule has 0 aliphatic rings. The van der Waals surface area contributed by atoms with E-state index in [2.05, 4.69) is 77.5 Å². The van der Waals surface area contributed by atoms with Gasteiger partial charge in [-0.15, -0.1) is 21.6 Å². The Kier molecular flexibility index (Phi) is 7.76. The molecule has 6 heteroatoms. The van der Waals surface area contributed by atoms with Crippen LogP contribution in [0.1, 0.15) is 47.4 Å². The summed E-state index contributed by atoms with van der Waals surface area (Å²) in [7, 11) is 0. The van der Waals surface area contributed by atoms with E-state index in [4.69, 9.17) is 0 Å². The molecular formula is C26H27N5S. The highest BCUT2D eigenvalue weighted by Gasteiger charge is 2.15. The van der Waals surface area contributed by atoms with Gasteiger partial charge in [-0.3, -0.25) is 0 Å². The maximum absolute atomic E-state index is 9.41. The van der Waals surface area contributed by atoms with Gasteiger partial charge in [-0.1, -0.05) is 44.2 Å². The molecule has 0 radical (unpaired) electrons. The highest BCUT2D eigenvalue weighted by Crippen LogP contribution is 2.36. The number of hydrogen-bond acceptors (Lipinski definition) is 6. The highest BCUT2D eigenvalue weighted by molar-refractivity contribution is 7.16. The molecule has 0 aliphatic heterocycles. The minimum Gasteiger partial charge on any atom is -0.367 e. The largest absolute Gasteiger partial charge is 0.367 e. The van der Waals surface area contributed by atoms with Gasteiger partial charge in [0.25, 0.3) is 0 Å². The van der Waals surface area contributed by atoms with E-state index in [1.807, 2.05) is 19.1 Å². The van der Waals surface area contributed by atoms with Crippen molar-refractivity contribution in [2.75, 3.05) is 11.4 Å². The number of hydrogen-bond donors (Lipinski definition) is 0. The molecule has 0 amide bonds. The summed E-state index contributed by atoms with van der Waals surface area (Å²) < 4.78 is 0. The van der Waals surface area contributed by atoms with Crippen LogP contribution in [0.25, 0.3) is 0 Å². The van der Waals surface area contributed by atoms with Gasteiger partial charge in [-0.05, 0) is 61.1 Å². The summed E-state index contributed by atoms with van der Waals surface area (Å²) in [5, 5.41) is 27.8. The second kappa shape index (κ2) is 10.7. The molecule has 0 unspecified atom stereocenters. The summed E-state index contributed by atoms with van der Waals surface area (Å²) in [5.41, 5.74) is 5.30. The van der Waals surface area contributed by atoms with E-state index in [1.54, 1.807) is 6.92 Å². The molecule has 3 aromatic rings. The zero-order chi connectivity index (χ0) is 23.1. The monoisotopic (exact) mass is 441 g/mol. The molecule has 0 aliphatic carbocycles. The molecule has 2 aromatic carbocycles. The SMILES string of the molecule is Cc1cc(N(CCC(C)C)Cc2ccccc2)ccc1N=Nc1sc(C#N)c(C)c1C#N. The van der Waals surface area contributed by atoms with Gasteiger partial charge >= 0.3 is 0 Å². The number of nitrogens with zero attached hydrogens (tertiary/aromatic N) is 5. The Balaban J connectivity index is 1.86. The molecule has 0 spiro atoms. The Morgan fingerprint density at radius 1 is 1.00 bits per heavy atom. The fourth-order valence-corrected chi connectivity index (χ4v) is 4.25. The fraction of sp³-hybridized carbons (Fsp3) is 0.308. The average Bonchev–Trinajstić information content (AvgIpc) is 3.10. The third-order valence-electron chi connectivity index (χ3n) is 5.33. The first-order valence-corrected chi connectivity index (χ1v) is 11.5. The molecule has 0 saturated heterocycles. The molecule has 1 heterocycles. The minimum absolute atomic E-state index is 0.423.